The molecule has 1 aromatic carbocycles. The number of benzene rings is 1. The zero-order valence-electron chi connectivity index (χ0n) is 17.0. The van der Waals surface area contributed by atoms with Crippen LogP contribution in [0.15, 0.2) is 30.5 Å². The van der Waals surface area contributed by atoms with Crippen molar-refractivity contribution in [2.75, 3.05) is 13.2 Å². The lowest BCUT2D eigenvalue weighted by molar-refractivity contribution is -0.119. The van der Waals surface area contributed by atoms with E-state index in [4.69, 9.17) is 14.0 Å². The van der Waals surface area contributed by atoms with Gasteiger partial charge in [0.25, 0.3) is 0 Å². The van der Waals surface area contributed by atoms with Crippen LogP contribution >= 0.6 is 0 Å². The molecule has 0 radical (unpaired) electrons. The van der Waals surface area contributed by atoms with Crippen LogP contribution in [-0.2, 0) is 14.1 Å². The van der Waals surface area contributed by atoms with E-state index >= 15 is 0 Å². The van der Waals surface area contributed by atoms with E-state index in [1.54, 1.807) is 6.20 Å². The van der Waals surface area contributed by atoms with Gasteiger partial charge in [0.1, 0.15) is 5.75 Å². The normalized spacial score (nSPS) is 23.2. The number of ether oxygens (including phenoxy) is 1. The Morgan fingerprint density at radius 3 is 2.68 bits per heavy atom. The first-order valence-electron chi connectivity index (χ1n) is 9.89. The summed E-state index contributed by atoms with van der Waals surface area (Å²) >= 11 is 0. The Kier molecular flexibility index (Phi) is 4.84. The van der Waals surface area contributed by atoms with Crippen molar-refractivity contribution in [3.8, 4) is 5.75 Å². The lowest BCUT2D eigenvalue weighted by atomic mass is 9.78. The Bertz CT molecular complexity index is 883. The highest BCUT2D eigenvalue weighted by Crippen LogP contribution is 2.37. The van der Waals surface area contributed by atoms with Crippen LogP contribution in [0.5, 0.6) is 5.75 Å². The molecule has 2 aliphatic heterocycles. The van der Waals surface area contributed by atoms with Gasteiger partial charge in [0.05, 0.1) is 23.3 Å². The van der Waals surface area contributed by atoms with Crippen molar-refractivity contribution in [2.24, 2.45) is 5.92 Å². The molecule has 2 aliphatic rings. The van der Waals surface area contributed by atoms with Crippen molar-refractivity contribution in [2.45, 2.75) is 51.7 Å². The third-order valence-corrected chi connectivity index (χ3v) is 6.08. The number of pyridine rings is 1. The Hall–Kier alpha value is -2.12. The zero-order chi connectivity index (χ0) is 19.9. The average molecular weight is 382 g/mol. The summed E-state index contributed by atoms with van der Waals surface area (Å²) in [7, 11) is -0.463. The van der Waals surface area contributed by atoms with Crippen molar-refractivity contribution in [1.29, 1.82) is 0 Å². The van der Waals surface area contributed by atoms with Gasteiger partial charge in [0.15, 0.2) is 0 Å². The fourth-order valence-electron chi connectivity index (χ4n) is 3.61. The average Bonchev–Trinajstić information content (AvgIpc) is 3.14. The molecule has 148 valence electrons. The minimum absolute atomic E-state index is 0.127. The summed E-state index contributed by atoms with van der Waals surface area (Å²) in [6.07, 6.45) is 3.19. The molecule has 1 amide bonds. The molecule has 4 rings (SSSR count). The molecule has 6 nitrogen and oxygen atoms in total. The van der Waals surface area contributed by atoms with E-state index in [2.05, 4.69) is 10.3 Å². The van der Waals surface area contributed by atoms with Crippen molar-refractivity contribution in [3.05, 3.63) is 30.5 Å². The molecule has 1 N–H and O–H groups in total. The molecule has 28 heavy (non-hydrogen) atoms. The van der Waals surface area contributed by atoms with E-state index in [1.807, 2.05) is 52.0 Å². The van der Waals surface area contributed by atoms with Gasteiger partial charge < -0.3 is 19.4 Å². The zero-order valence-corrected chi connectivity index (χ0v) is 17.0. The fraction of sp³-hybridized carbons (Fsp3) is 0.524. The van der Waals surface area contributed by atoms with Crippen LogP contribution in [0.25, 0.3) is 10.9 Å². The second-order valence-corrected chi connectivity index (χ2v) is 8.69. The van der Waals surface area contributed by atoms with Crippen molar-refractivity contribution >= 4 is 29.4 Å². The summed E-state index contributed by atoms with van der Waals surface area (Å²) < 4.78 is 18.5. The number of amides is 1. The minimum Gasteiger partial charge on any atom is -0.493 e. The maximum atomic E-state index is 11.4. The summed E-state index contributed by atoms with van der Waals surface area (Å²) in [6.45, 7) is 9.46. The maximum absolute atomic E-state index is 11.4. The van der Waals surface area contributed by atoms with E-state index in [0.29, 0.717) is 18.9 Å². The first kappa shape index (κ1) is 19.2. The molecule has 3 heterocycles. The lowest BCUT2D eigenvalue weighted by Gasteiger charge is -2.32. The third kappa shape index (κ3) is 3.61. The highest BCUT2D eigenvalue weighted by Gasteiger charge is 2.51. The van der Waals surface area contributed by atoms with Gasteiger partial charge in [-0.3, -0.25) is 9.78 Å². The van der Waals surface area contributed by atoms with Gasteiger partial charge in [-0.2, -0.15) is 0 Å². The summed E-state index contributed by atoms with van der Waals surface area (Å²) in [5, 5.41) is 3.83. The van der Waals surface area contributed by atoms with Crippen LogP contribution in [0.2, 0.25) is 0 Å². The number of hydrogen-bond donors (Lipinski definition) is 1. The second kappa shape index (κ2) is 7.05. The number of carbonyl (C=O) groups is 1. The van der Waals surface area contributed by atoms with Gasteiger partial charge in [-0.15, -0.1) is 0 Å². The summed E-state index contributed by atoms with van der Waals surface area (Å²) in [6, 6.07) is 7.91. The first-order valence-corrected chi connectivity index (χ1v) is 9.89. The number of fused-ring (bicyclic) bond motifs is 1. The highest BCUT2D eigenvalue weighted by atomic mass is 16.7. The fourth-order valence-corrected chi connectivity index (χ4v) is 3.61. The predicted octanol–water partition coefficient (Wildman–Crippen LogP) is 2.44. The number of aromatic nitrogens is 1. The molecule has 7 heteroatoms. The summed E-state index contributed by atoms with van der Waals surface area (Å²) in [4.78, 5) is 15.9. The number of nitrogens with zero attached hydrogens (tertiary/aromatic N) is 1. The first-order chi connectivity index (χ1) is 13.2. The Balaban J connectivity index is 1.56. The summed E-state index contributed by atoms with van der Waals surface area (Å²) in [5.41, 5.74) is 0.944. The van der Waals surface area contributed by atoms with E-state index in [-0.39, 0.29) is 5.91 Å². The Morgan fingerprint density at radius 1 is 1.25 bits per heavy atom. The van der Waals surface area contributed by atoms with Gasteiger partial charge in [-0.05, 0) is 69.8 Å². The third-order valence-electron chi connectivity index (χ3n) is 6.08. The van der Waals surface area contributed by atoms with Gasteiger partial charge in [0.2, 0.25) is 5.91 Å². The van der Waals surface area contributed by atoms with Crippen molar-refractivity contribution in [1.82, 2.24) is 10.3 Å². The van der Waals surface area contributed by atoms with E-state index in [9.17, 15) is 4.79 Å². The Morgan fingerprint density at radius 2 is 2.00 bits per heavy atom. The van der Waals surface area contributed by atoms with Crippen LogP contribution in [0.1, 0.15) is 40.5 Å². The van der Waals surface area contributed by atoms with Crippen LogP contribution < -0.4 is 15.5 Å². The maximum Gasteiger partial charge on any atom is 0.495 e. The number of rotatable bonds is 5. The largest absolute Gasteiger partial charge is 0.495 e. The van der Waals surface area contributed by atoms with E-state index in [1.165, 1.54) is 0 Å². The van der Waals surface area contributed by atoms with E-state index in [0.717, 1.165) is 35.1 Å². The Labute approximate surface area is 166 Å². The quantitative estimate of drug-likeness (QED) is 0.805. The standard InChI is InChI=1S/C21H27BN2O4/c1-20(2)21(3,4)28-22(27-20)15-11-17-16(6-5-8-23-17)18(12-15)26-9-7-14-10-19(25)24-13-14/h5-6,8,11-12,14H,7,9-10,13H2,1-4H3,(H,24,25)/t14-/m1/s1. The molecule has 2 fully saturated rings. The highest BCUT2D eigenvalue weighted by molar-refractivity contribution is 6.62. The van der Waals surface area contributed by atoms with Gasteiger partial charge in [-0.1, -0.05) is 0 Å². The lowest BCUT2D eigenvalue weighted by Crippen LogP contribution is -2.41. The monoisotopic (exact) mass is 382 g/mol. The van der Waals surface area contributed by atoms with Crippen molar-refractivity contribution < 1.29 is 18.8 Å². The molecule has 0 unspecified atom stereocenters. The van der Waals surface area contributed by atoms with Crippen LogP contribution in [0, 0.1) is 5.92 Å². The van der Waals surface area contributed by atoms with Gasteiger partial charge >= 0.3 is 7.12 Å². The number of hydrogen-bond acceptors (Lipinski definition) is 5. The molecule has 1 atom stereocenters. The molecule has 1 aromatic heterocycles. The molecule has 0 aliphatic carbocycles. The van der Waals surface area contributed by atoms with Crippen molar-refractivity contribution in [3.63, 3.8) is 0 Å². The smallest absolute Gasteiger partial charge is 0.493 e. The van der Waals surface area contributed by atoms with Crippen LogP contribution in [-0.4, -0.2) is 42.4 Å². The molecule has 0 spiro atoms. The van der Waals surface area contributed by atoms with Crippen LogP contribution in [0.3, 0.4) is 0 Å². The molecule has 0 bridgehead atoms. The molecule has 2 saturated heterocycles. The number of nitrogens with one attached hydrogen (secondary N) is 1. The molecular weight excluding hydrogens is 355 g/mol. The molecule has 2 aromatic rings. The molecular formula is C21H27BN2O4. The van der Waals surface area contributed by atoms with Gasteiger partial charge in [0, 0.05) is 24.5 Å². The summed E-state index contributed by atoms with van der Waals surface area (Å²) in [5.74, 6) is 1.23. The second-order valence-electron chi connectivity index (χ2n) is 8.69. The minimum atomic E-state index is -0.463. The predicted molar refractivity (Wildman–Crippen MR) is 109 cm³/mol. The van der Waals surface area contributed by atoms with Crippen LogP contribution in [0.4, 0.5) is 0 Å². The number of carbonyl (C=O) groups excluding carboxylic acids is 1. The molecule has 0 saturated carbocycles. The topological polar surface area (TPSA) is 69.7 Å². The van der Waals surface area contributed by atoms with Gasteiger partial charge in [-0.25, -0.2) is 0 Å². The SMILES string of the molecule is CC1(C)OB(c2cc(OCC[C@H]3CNC(=O)C3)c3cccnc3c2)OC1(C)C. The van der Waals surface area contributed by atoms with E-state index < -0.39 is 18.3 Å².